The van der Waals surface area contributed by atoms with Crippen LogP contribution in [0.5, 0.6) is 0 Å². The van der Waals surface area contributed by atoms with Gasteiger partial charge in [0.15, 0.2) is 0 Å². The van der Waals surface area contributed by atoms with Crippen molar-refractivity contribution in [2.45, 2.75) is 38.8 Å². The van der Waals surface area contributed by atoms with Crippen LogP contribution in [0.25, 0.3) is 0 Å². The molecule has 1 aliphatic heterocycles. The molecule has 84 valence electrons. The summed E-state index contributed by atoms with van der Waals surface area (Å²) >= 11 is 1.90. The van der Waals surface area contributed by atoms with Crippen LogP contribution in [0.2, 0.25) is 0 Å². The average molecular weight is 224 g/mol. The van der Waals surface area contributed by atoms with E-state index in [9.17, 15) is 0 Å². The molecule has 2 N–H and O–H groups in total. The highest BCUT2D eigenvalue weighted by Crippen LogP contribution is 2.24. The third kappa shape index (κ3) is 3.03. The van der Waals surface area contributed by atoms with Gasteiger partial charge in [-0.1, -0.05) is 0 Å². The molecule has 0 spiro atoms. The largest absolute Gasteiger partial charge is 0.326 e. The first-order valence-electron chi connectivity index (χ1n) is 5.61. The lowest BCUT2D eigenvalue weighted by atomic mass is 10.0. The number of hydrogen-bond acceptors (Lipinski definition) is 3. The Morgan fingerprint density at radius 3 is 3.07 bits per heavy atom. The first kappa shape index (κ1) is 11.1. The number of rotatable bonds is 3. The third-order valence-corrected chi connectivity index (χ3v) is 3.98. The van der Waals surface area contributed by atoms with E-state index in [1.807, 2.05) is 11.3 Å². The molecule has 0 saturated carbocycles. The minimum atomic E-state index is -0.0328. The molecular formula is C12H20N2S. The van der Waals surface area contributed by atoms with Crippen molar-refractivity contribution in [1.29, 1.82) is 0 Å². The highest BCUT2D eigenvalue weighted by Gasteiger charge is 2.19. The quantitative estimate of drug-likeness (QED) is 0.853. The Balaban J connectivity index is 1.88. The summed E-state index contributed by atoms with van der Waals surface area (Å²) in [5, 5.41) is 2.21. The van der Waals surface area contributed by atoms with Crippen LogP contribution in [0, 0.1) is 0 Å². The van der Waals surface area contributed by atoms with E-state index in [1.165, 1.54) is 18.5 Å². The smallest absolute Gasteiger partial charge is 0.0244 e. The molecule has 0 fully saturated rings. The highest BCUT2D eigenvalue weighted by molar-refractivity contribution is 7.10. The van der Waals surface area contributed by atoms with E-state index in [0.29, 0.717) is 0 Å². The summed E-state index contributed by atoms with van der Waals surface area (Å²) in [6, 6.07) is 2.26. The van der Waals surface area contributed by atoms with E-state index in [2.05, 4.69) is 30.2 Å². The van der Waals surface area contributed by atoms with E-state index in [-0.39, 0.29) is 5.54 Å². The average Bonchev–Trinajstić information content (AvgIpc) is 2.60. The summed E-state index contributed by atoms with van der Waals surface area (Å²) < 4.78 is 0. The van der Waals surface area contributed by atoms with Crippen molar-refractivity contribution < 1.29 is 0 Å². The van der Waals surface area contributed by atoms with E-state index in [4.69, 9.17) is 5.73 Å². The van der Waals surface area contributed by atoms with Gasteiger partial charge in [-0.2, -0.15) is 0 Å². The van der Waals surface area contributed by atoms with Crippen molar-refractivity contribution in [2.24, 2.45) is 5.73 Å². The second kappa shape index (κ2) is 4.24. The predicted octanol–water partition coefficient (Wildman–Crippen LogP) is 2.23. The monoisotopic (exact) mass is 224 g/mol. The molecule has 0 atom stereocenters. The zero-order valence-corrected chi connectivity index (χ0v) is 10.4. The molecule has 0 radical (unpaired) electrons. The van der Waals surface area contributed by atoms with Crippen LogP contribution in [0.3, 0.4) is 0 Å². The van der Waals surface area contributed by atoms with Crippen molar-refractivity contribution >= 4 is 11.3 Å². The van der Waals surface area contributed by atoms with Crippen molar-refractivity contribution in [3.05, 3.63) is 21.9 Å². The van der Waals surface area contributed by atoms with Crippen LogP contribution < -0.4 is 5.73 Å². The first-order chi connectivity index (χ1) is 7.04. The molecular weight excluding hydrogens is 204 g/mol. The number of fused-ring (bicyclic) bond motifs is 1. The second-order valence-electron chi connectivity index (χ2n) is 5.13. The summed E-state index contributed by atoms with van der Waals surface area (Å²) in [4.78, 5) is 4.10. The summed E-state index contributed by atoms with van der Waals surface area (Å²) in [6.07, 6.45) is 2.30. The molecule has 2 rings (SSSR count). The van der Waals surface area contributed by atoms with Crippen molar-refractivity contribution in [1.82, 2.24) is 4.90 Å². The van der Waals surface area contributed by atoms with Crippen LogP contribution in [-0.4, -0.2) is 23.5 Å². The molecule has 0 aromatic carbocycles. The van der Waals surface area contributed by atoms with Crippen molar-refractivity contribution in [3.63, 3.8) is 0 Å². The molecule has 0 bridgehead atoms. The number of nitrogens with two attached hydrogens (primary N) is 1. The van der Waals surface area contributed by atoms with Gasteiger partial charge in [-0.05, 0) is 43.7 Å². The van der Waals surface area contributed by atoms with Gasteiger partial charge in [-0.25, -0.2) is 0 Å². The molecule has 15 heavy (non-hydrogen) atoms. The van der Waals surface area contributed by atoms with Gasteiger partial charge in [-0.15, -0.1) is 11.3 Å². The number of hydrogen-bond donors (Lipinski definition) is 1. The van der Waals surface area contributed by atoms with Gasteiger partial charge < -0.3 is 5.73 Å². The van der Waals surface area contributed by atoms with E-state index < -0.39 is 0 Å². The van der Waals surface area contributed by atoms with Crippen LogP contribution >= 0.6 is 11.3 Å². The molecule has 1 aromatic rings. The second-order valence-corrected chi connectivity index (χ2v) is 6.13. The standard InChI is InChI=1S/C12H20N2S/c1-12(2,13)5-7-14-6-3-11-10(9-14)4-8-15-11/h4,8H,3,5-7,9,13H2,1-2H3. The van der Waals surface area contributed by atoms with Crippen LogP contribution in [0.1, 0.15) is 30.7 Å². The summed E-state index contributed by atoms with van der Waals surface area (Å²) in [5.74, 6) is 0. The Kier molecular flexibility index (Phi) is 3.14. The molecule has 0 amide bonds. The van der Waals surface area contributed by atoms with Gasteiger partial charge in [0.1, 0.15) is 0 Å². The first-order valence-corrected chi connectivity index (χ1v) is 6.49. The van der Waals surface area contributed by atoms with Crippen molar-refractivity contribution in [3.8, 4) is 0 Å². The number of thiophene rings is 1. The third-order valence-electron chi connectivity index (χ3n) is 2.96. The highest BCUT2D eigenvalue weighted by atomic mass is 32.1. The van der Waals surface area contributed by atoms with Gasteiger partial charge in [0.05, 0.1) is 0 Å². The van der Waals surface area contributed by atoms with Gasteiger partial charge in [0.2, 0.25) is 0 Å². The van der Waals surface area contributed by atoms with E-state index >= 15 is 0 Å². The Morgan fingerprint density at radius 2 is 2.33 bits per heavy atom. The maximum Gasteiger partial charge on any atom is 0.0244 e. The molecule has 0 unspecified atom stereocenters. The minimum absolute atomic E-state index is 0.0328. The van der Waals surface area contributed by atoms with Gasteiger partial charge in [0, 0.05) is 30.1 Å². The summed E-state index contributed by atoms with van der Waals surface area (Å²) in [6.45, 7) is 7.65. The van der Waals surface area contributed by atoms with E-state index in [1.54, 1.807) is 4.88 Å². The van der Waals surface area contributed by atoms with Crippen LogP contribution in [0.15, 0.2) is 11.4 Å². The molecule has 2 nitrogen and oxygen atoms in total. The molecule has 2 heterocycles. The van der Waals surface area contributed by atoms with Gasteiger partial charge in [-0.3, -0.25) is 4.90 Å². The molecule has 0 saturated heterocycles. The maximum atomic E-state index is 6.00. The van der Waals surface area contributed by atoms with Crippen LogP contribution in [0.4, 0.5) is 0 Å². The van der Waals surface area contributed by atoms with E-state index in [0.717, 1.165) is 19.5 Å². The molecule has 3 heteroatoms. The normalized spacial score (nSPS) is 17.8. The molecule has 1 aromatic heterocycles. The topological polar surface area (TPSA) is 29.3 Å². The SMILES string of the molecule is CC(C)(N)CCN1CCc2sccc2C1. The maximum absolute atomic E-state index is 6.00. The molecule has 0 aliphatic carbocycles. The molecule has 1 aliphatic rings. The summed E-state index contributed by atoms with van der Waals surface area (Å²) in [7, 11) is 0. The fourth-order valence-electron chi connectivity index (χ4n) is 1.94. The van der Waals surface area contributed by atoms with Gasteiger partial charge >= 0.3 is 0 Å². The lowest BCUT2D eigenvalue weighted by Crippen LogP contribution is -2.39. The number of nitrogens with zero attached hydrogens (tertiary/aromatic N) is 1. The Bertz CT molecular complexity index is 325. The fraction of sp³-hybridized carbons (Fsp3) is 0.667. The Morgan fingerprint density at radius 1 is 1.53 bits per heavy atom. The summed E-state index contributed by atoms with van der Waals surface area (Å²) in [5.41, 5.74) is 7.50. The fourth-order valence-corrected chi connectivity index (χ4v) is 2.83. The predicted molar refractivity (Wildman–Crippen MR) is 66.2 cm³/mol. The van der Waals surface area contributed by atoms with Crippen LogP contribution in [-0.2, 0) is 13.0 Å². The Labute approximate surface area is 96.1 Å². The lowest BCUT2D eigenvalue weighted by Gasteiger charge is -2.29. The zero-order valence-electron chi connectivity index (χ0n) is 9.62. The zero-order chi connectivity index (χ0) is 10.9. The minimum Gasteiger partial charge on any atom is -0.326 e. The Hall–Kier alpha value is -0.380. The van der Waals surface area contributed by atoms with Gasteiger partial charge in [0.25, 0.3) is 0 Å². The lowest BCUT2D eigenvalue weighted by molar-refractivity contribution is 0.233. The van der Waals surface area contributed by atoms with Crippen molar-refractivity contribution in [2.75, 3.05) is 13.1 Å².